The first kappa shape index (κ1) is 12.5. The number of hydrogen-bond donors (Lipinski definition) is 1. The van der Waals surface area contributed by atoms with Crippen LogP contribution < -0.4 is 14.8 Å². The molecule has 0 aromatic heterocycles. The van der Waals surface area contributed by atoms with Gasteiger partial charge >= 0.3 is 0 Å². The molecular formula is C12H17NO3. The normalized spacial score (nSPS) is 9.94. The monoisotopic (exact) mass is 223 g/mol. The standard InChI is InChI=1S/C12H17NO3/c1-4-13-8-9(14)12-10(15-2)6-5-7-11(12)16-3/h5-7,13H,4,8H2,1-3H3. The Morgan fingerprint density at radius 2 is 1.81 bits per heavy atom. The summed E-state index contributed by atoms with van der Waals surface area (Å²) in [7, 11) is 3.08. The van der Waals surface area contributed by atoms with Crippen LogP contribution >= 0.6 is 0 Å². The number of hydrogen-bond acceptors (Lipinski definition) is 4. The van der Waals surface area contributed by atoms with Crippen LogP contribution in [-0.4, -0.2) is 33.1 Å². The molecule has 0 radical (unpaired) electrons. The van der Waals surface area contributed by atoms with E-state index in [1.807, 2.05) is 6.92 Å². The zero-order valence-electron chi connectivity index (χ0n) is 9.87. The largest absolute Gasteiger partial charge is 0.496 e. The summed E-state index contributed by atoms with van der Waals surface area (Å²) >= 11 is 0. The van der Waals surface area contributed by atoms with Gasteiger partial charge < -0.3 is 14.8 Å². The molecule has 0 aliphatic heterocycles. The predicted octanol–water partition coefficient (Wildman–Crippen LogP) is 1.50. The lowest BCUT2D eigenvalue weighted by molar-refractivity contribution is 0.0985. The minimum absolute atomic E-state index is 0.0313. The molecular weight excluding hydrogens is 206 g/mol. The number of carbonyl (C=O) groups excluding carboxylic acids is 1. The Morgan fingerprint density at radius 3 is 2.25 bits per heavy atom. The summed E-state index contributed by atoms with van der Waals surface area (Å²) in [6, 6.07) is 5.30. The van der Waals surface area contributed by atoms with Gasteiger partial charge in [-0.05, 0) is 18.7 Å². The molecule has 0 aliphatic rings. The molecule has 0 saturated heterocycles. The molecule has 0 fully saturated rings. The highest BCUT2D eigenvalue weighted by Gasteiger charge is 2.17. The molecule has 1 aromatic rings. The number of benzene rings is 1. The molecule has 0 amide bonds. The first-order chi connectivity index (χ1) is 7.74. The van der Waals surface area contributed by atoms with E-state index in [-0.39, 0.29) is 12.3 Å². The van der Waals surface area contributed by atoms with Gasteiger partial charge in [0.05, 0.1) is 20.8 Å². The Morgan fingerprint density at radius 1 is 1.25 bits per heavy atom. The van der Waals surface area contributed by atoms with E-state index >= 15 is 0 Å². The number of methoxy groups -OCH3 is 2. The second kappa shape index (κ2) is 6.12. The molecule has 1 N–H and O–H groups in total. The van der Waals surface area contributed by atoms with Crippen LogP contribution in [0.4, 0.5) is 0 Å². The average molecular weight is 223 g/mol. The fourth-order valence-electron chi connectivity index (χ4n) is 1.45. The van der Waals surface area contributed by atoms with Crippen LogP contribution in [0.1, 0.15) is 17.3 Å². The third kappa shape index (κ3) is 2.73. The zero-order valence-corrected chi connectivity index (χ0v) is 9.87. The smallest absolute Gasteiger partial charge is 0.184 e. The Balaban J connectivity index is 3.03. The highest BCUT2D eigenvalue weighted by Crippen LogP contribution is 2.28. The molecule has 0 heterocycles. The van der Waals surface area contributed by atoms with Crippen LogP contribution in [0.15, 0.2) is 18.2 Å². The van der Waals surface area contributed by atoms with Crippen molar-refractivity contribution in [3.63, 3.8) is 0 Å². The first-order valence-electron chi connectivity index (χ1n) is 5.19. The number of carbonyl (C=O) groups is 1. The van der Waals surface area contributed by atoms with E-state index in [9.17, 15) is 4.79 Å². The van der Waals surface area contributed by atoms with E-state index in [0.717, 1.165) is 6.54 Å². The number of ether oxygens (including phenoxy) is 2. The number of likely N-dealkylation sites (N-methyl/N-ethyl adjacent to an activating group) is 1. The Bertz CT molecular complexity index is 341. The third-order valence-corrected chi connectivity index (χ3v) is 2.24. The summed E-state index contributed by atoms with van der Waals surface area (Å²) in [5, 5.41) is 2.99. The maximum absolute atomic E-state index is 11.9. The van der Waals surface area contributed by atoms with Gasteiger partial charge in [-0.1, -0.05) is 13.0 Å². The first-order valence-corrected chi connectivity index (χ1v) is 5.19. The predicted molar refractivity (Wildman–Crippen MR) is 62.4 cm³/mol. The van der Waals surface area contributed by atoms with E-state index in [0.29, 0.717) is 17.1 Å². The summed E-state index contributed by atoms with van der Waals surface area (Å²) in [5.41, 5.74) is 0.494. The average Bonchev–Trinajstić information content (AvgIpc) is 2.34. The van der Waals surface area contributed by atoms with Gasteiger partial charge in [-0.2, -0.15) is 0 Å². The van der Waals surface area contributed by atoms with Crippen molar-refractivity contribution in [2.24, 2.45) is 0 Å². The van der Waals surface area contributed by atoms with E-state index in [2.05, 4.69) is 5.32 Å². The van der Waals surface area contributed by atoms with Gasteiger partial charge in [0.2, 0.25) is 0 Å². The lowest BCUT2D eigenvalue weighted by Crippen LogP contribution is -2.23. The van der Waals surface area contributed by atoms with Gasteiger partial charge in [-0.15, -0.1) is 0 Å². The van der Waals surface area contributed by atoms with Crippen molar-refractivity contribution in [2.75, 3.05) is 27.3 Å². The molecule has 4 heteroatoms. The molecule has 0 unspecified atom stereocenters. The molecule has 1 aromatic carbocycles. The molecule has 0 aliphatic carbocycles. The Kier molecular flexibility index (Phi) is 4.79. The molecule has 0 atom stereocenters. The maximum Gasteiger partial charge on any atom is 0.184 e. The Hall–Kier alpha value is -1.55. The molecule has 0 spiro atoms. The zero-order chi connectivity index (χ0) is 12.0. The van der Waals surface area contributed by atoms with Crippen molar-refractivity contribution in [1.29, 1.82) is 0 Å². The van der Waals surface area contributed by atoms with E-state index in [4.69, 9.17) is 9.47 Å². The van der Waals surface area contributed by atoms with Crippen LogP contribution in [0.3, 0.4) is 0 Å². The van der Waals surface area contributed by atoms with Gasteiger partial charge in [0.1, 0.15) is 17.1 Å². The molecule has 88 valence electrons. The summed E-state index contributed by atoms with van der Waals surface area (Å²) in [6.07, 6.45) is 0. The minimum Gasteiger partial charge on any atom is -0.496 e. The molecule has 1 rings (SSSR count). The van der Waals surface area contributed by atoms with Crippen molar-refractivity contribution in [3.8, 4) is 11.5 Å². The van der Waals surface area contributed by atoms with Gasteiger partial charge in [0, 0.05) is 0 Å². The summed E-state index contributed by atoms with van der Waals surface area (Å²) in [5.74, 6) is 1.06. The van der Waals surface area contributed by atoms with Crippen molar-refractivity contribution in [2.45, 2.75) is 6.92 Å². The quantitative estimate of drug-likeness (QED) is 0.742. The van der Waals surface area contributed by atoms with Gasteiger partial charge in [0.15, 0.2) is 5.78 Å². The number of ketones is 1. The molecule has 4 nitrogen and oxygen atoms in total. The second-order valence-electron chi connectivity index (χ2n) is 3.24. The molecule has 0 bridgehead atoms. The minimum atomic E-state index is -0.0313. The fourth-order valence-corrected chi connectivity index (χ4v) is 1.45. The second-order valence-corrected chi connectivity index (χ2v) is 3.24. The fraction of sp³-hybridized carbons (Fsp3) is 0.417. The van der Waals surface area contributed by atoms with Crippen LogP contribution in [0.5, 0.6) is 11.5 Å². The van der Waals surface area contributed by atoms with Gasteiger partial charge in [-0.25, -0.2) is 0 Å². The lowest BCUT2D eigenvalue weighted by atomic mass is 10.1. The summed E-state index contributed by atoms with van der Waals surface area (Å²) in [4.78, 5) is 11.9. The topological polar surface area (TPSA) is 47.6 Å². The number of Topliss-reactive ketones (excluding diaryl/α,β-unsaturated/α-hetero) is 1. The van der Waals surface area contributed by atoms with E-state index < -0.39 is 0 Å². The Labute approximate surface area is 95.6 Å². The van der Waals surface area contributed by atoms with E-state index in [1.54, 1.807) is 32.4 Å². The van der Waals surface area contributed by atoms with Crippen LogP contribution in [-0.2, 0) is 0 Å². The van der Waals surface area contributed by atoms with Crippen LogP contribution in [0.25, 0.3) is 0 Å². The van der Waals surface area contributed by atoms with Gasteiger partial charge in [0.25, 0.3) is 0 Å². The highest BCUT2D eigenvalue weighted by molar-refractivity contribution is 6.02. The number of nitrogens with one attached hydrogen (secondary N) is 1. The summed E-state index contributed by atoms with van der Waals surface area (Å²) in [6.45, 7) is 2.99. The van der Waals surface area contributed by atoms with Crippen molar-refractivity contribution >= 4 is 5.78 Å². The highest BCUT2D eigenvalue weighted by atomic mass is 16.5. The third-order valence-electron chi connectivity index (χ3n) is 2.24. The molecule has 0 saturated carbocycles. The van der Waals surface area contributed by atoms with Crippen LogP contribution in [0, 0.1) is 0 Å². The maximum atomic E-state index is 11.9. The summed E-state index contributed by atoms with van der Waals surface area (Å²) < 4.78 is 10.3. The van der Waals surface area contributed by atoms with Crippen molar-refractivity contribution < 1.29 is 14.3 Å². The number of rotatable bonds is 6. The van der Waals surface area contributed by atoms with Crippen molar-refractivity contribution in [1.82, 2.24) is 5.32 Å². The van der Waals surface area contributed by atoms with Crippen LogP contribution in [0.2, 0.25) is 0 Å². The SMILES string of the molecule is CCNCC(=O)c1c(OC)cccc1OC. The van der Waals surface area contributed by atoms with Crippen molar-refractivity contribution in [3.05, 3.63) is 23.8 Å². The van der Waals surface area contributed by atoms with E-state index in [1.165, 1.54) is 0 Å². The van der Waals surface area contributed by atoms with Gasteiger partial charge in [-0.3, -0.25) is 4.79 Å². The molecule has 16 heavy (non-hydrogen) atoms. The lowest BCUT2D eigenvalue weighted by Gasteiger charge is -2.11.